The third kappa shape index (κ3) is 5.49. The van der Waals surface area contributed by atoms with Crippen molar-refractivity contribution in [3.8, 4) is 0 Å². The number of hydrazine groups is 1. The van der Waals surface area contributed by atoms with Crippen LogP contribution in [0, 0.1) is 0 Å². The van der Waals surface area contributed by atoms with Gasteiger partial charge in [0.25, 0.3) is 0 Å². The van der Waals surface area contributed by atoms with Crippen molar-refractivity contribution in [2.24, 2.45) is 5.84 Å². The first-order chi connectivity index (χ1) is 8.02. The van der Waals surface area contributed by atoms with E-state index in [9.17, 15) is 0 Å². The number of nitrogens with two attached hydrogens (primary N) is 1. The molecule has 0 aliphatic carbocycles. The molecular weight excluding hydrogens is 275 g/mol. The minimum atomic E-state index is 0.223. The molecular formula is C12H18Cl2N2S. The lowest BCUT2D eigenvalue weighted by Gasteiger charge is -2.17. The Hall–Kier alpha value is 0.0700. The molecule has 1 aromatic rings. The molecule has 2 nitrogen and oxygen atoms in total. The molecule has 1 atom stereocenters. The molecule has 1 aromatic carbocycles. The van der Waals surface area contributed by atoms with E-state index in [4.69, 9.17) is 29.0 Å². The number of hydrogen-bond acceptors (Lipinski definition) is 3. The highest BCUT2D eigenvalue weighted by molar-refractivity contribution is 7.99. The van der Waals surface area contributed by atoms with Crippen molar-refractivity contribution in [2.75, 3.05) is 5.75 Å². The fourth-order valence-electron chi connectivity index (χ4n) is 1.43. The highest BCUT2D eigenvalue weighted by atomic mass is 35.5. The summed E-state index contributed by atoms with van der Waals surface area (Å²) in [5.41, 5.74) is 3.91. The molecule has 0 amide bonds. The number of benzene rings is 1. The zero-order valence-electron chi connectivity index (χ0n) is 10.0. The van der Waals surface area contributed by atoms with Crippen LogP contribution in [0.1, 0.15) is 19.4 Å². The molecule has 0 aliphatic rings. The number of thioether (sulfide) groups is 1. The zero-order valence-corrected chi connectivity index (χ0v) is 12.4. The molecule has 5 heteroatoms. The fourth-order valence-corrected chi connectivity index (χ4v) is 2.74. The maximum absolute atomic E-state index is 6.13. The second kappa shape index (κ2) is 7.49. The van der Waals surface area contributed by atoms with Gasteiger partial charge in [-0.2, -0.15) is 11.8 Å². The molecule has 0 saturated heterocycles. The summed E-state index contributed by atoms with van der Waals surface area (Å²) in [6.45, 7) is 4.35. The van der Waals surface area contributed by atoms with E-state index in [1.807, 2.05) is 23.9 Å². The van der Waals surface area contributed by atoms with E-state index >= 15 is 0 Å². The topological polar surface area (TPSA) is 38.0 Å². The number of rotatable bonds is 6. The van der Waals surface area contributed by atoms with Crippen LogP contribution in [0.15, 0.2) is 18.2 Å². The molecule has 1 unspecified atom stereocenters. The van der Waals surface area contributed by atoms with Gasteiger partial charge in [0.1, 0.15) is 0 Å². The second-order valence-electron chi connectivity index (χ2n) is 4.19. The summed E-state index contributed by atoms with van der Waals surface area (Å²) in [5, 5.41) is 1.96. The summed E-state index contributed by atoms with van der Waals surface area (Å²) in [4.78, 5) is 0. The highest BCUT2D eigenvalue weighted by Crippen LogP contribution is 2.23. The Balaban J connectivity index is 2.60. The Morgan fingerprint density at radius 1 is 1.35 bits per heavy atom. The van der Waals surface area contributed by atoms with Gasteiger partial charge in [-0.25, -0.2) is 0 Å². The third-order valence-electron chi connectivity index (χ3n) is 2.35. The highest BCUT2D eigenvalue weighted by Gasteiger charge is 2.11. The summed E-state index contributed by atoms with van der Waals surface area (Å²) in [6.07, 6.45) is 0.812. The van der Waals surface area contributed by atoms with Crippen LogP contribution in [0.5, 0.6) is 0 Å². The van der Waals surface area contributed by atoms with E-state index in [1.165, 1.54) is 0 Å². The molecule has 3 N–H and O–H groups in total. The van der Waals surface area contributed by atoms with E-state index in [0.29, 0.717) is 15.3 Å². The predicted octanol–water partition coefficient (Wildman–Crippen LogP) is 3.51. The standard InChI is InChI=1S/C12H18Cl2N2S/c1-8(2)17-7-11(16-15)5-9-3-4-10(13)6-12(9)14/h3-4,6,8,11,16H,5,7,15H2,1-2H3. The molecule has 0 fully saturated rings. The minimum absolute atomic E-state index is 0.223. The average molecular weight is 293 g/mol. The first-order valence-electron chi connectivity index (χ1n) is 5.54. The van der Waals surface area contributed by atoms with Crippen LogP contribution < -0.4 is 11.3 Å². The Morgan fingerprint density at radius 2 is 2.06 bits per heavy atom. The smallest absolute Gasteiger partial charge is 0.0453 e. The van der Waals surface area contributed by atoms with Crippen molar-refractivity contribution in [1.29, 1.82) is 0 Å². The molecule has 0 bridgehead atoms. The summed E-state index contributed by atoms with van der Waals surface area (Å²) in [5.74, 6) is 6.52. The Labute approximate surface area is 117 Å². The van der Waals surface area contributed by atoms with Gasteiger partial charge in [0.2, 0.25) is 0 Å². The predicted molar refractivity (Wildman–Crippen MR) is 78.9 cm³/mol. The first-order valence-corrected chi connectivity index (χ1v) is 7.35. The first kappa shape index (κ1) is 15.1. The lowest BCUT2D eigenvalue weighted by Crippen LogP contribution is -2.39. The van der Waals surface area contributed by atoms with Crippen molar-refractivity contribution >= 4 is 35.0 Å². The van der Waals surface area contributed by atoms with Crippen LogP contribution in [0.2, 0.25) is 10.0 Å². The number of halogens is 2. The van der Waals surface area contributed by atoms with Crippen molar-refractivity contribution < 1.29 is 0 Å². The largest absolute Gasteiger partial charge is 0.271 e. The van der Waals surface area contributed by atoms with Gasteiger partial charge < -0.3 is 0 Å². The van der Waals surface area contributed by atoms with Gasteiger partial charge >= 0.3 is 0 Å². The number of hydrogen-bond donors (Lipinski definition) is 2. The molecule has 1 rings (SSSR count). The SMILES string of the molecule is CC(C)SCC(Cc1ccc(Cl)cc1Cl)NN. The van der Waals surface area contributed by atoms with Crippen molar-refractivity contribution in [3.05, 3.63) is 33.8 Å². The Morgan fingerprint density at radius 3 is 2.59 bits per heavy atom. The van der Waals surface area contributed by atoms with Gasteiger partial charge in [0, 0.05) is 21.8 Å². The second-order valence-corrected chi connectivity index (χ2v) is 6.64. The molecule has 0 radical (unpaired) electrons. The minimum Gasteiger partial charge on any atom is -0.271 e. The van der Waals surface area contributed by atoms with Crippen LogP contribution in [-0.4, -0.2) is 17.0 Å². The van der Waals surface area contributed by atoms with E-state index in [0.717, 1.165) is 17.7 Å². The summed E-state index contributed by atoms with van der Waals surface area (Å²) < 4.78 is 0. The zero-order chi connectivity index (χ0) is 12.8. The molecule has 0 aromatic heterocycles. The van der Waals surface area contributed by atoms with E-state index < -0.39 is 0 Å². The van der Waals surface area contributed by atoms with Gasteiger partial charge in [-0.3, -0.25) is 11.3 Å². The molecule has 0 aliphatic heterocycles. The van der Waals surface area contributed by atoms with Crippen LogP contribution >= 0.6 is 35.0 Å². The Kier molecular flexibility index (Phi) is 6.67. The van der Waals surface area contributed by atoms with Gasteiger partial charge in [-0.05, 0) is 29.4 Å². The summed E-state index contributed by atoms with van der Waals surface area (Å²) in [6, 6.07) is 5.80. The maximum Gasteiger partial charge on any atom is 0.0453 e. The monoisotopic (exact) mass is 292 g/mol. The van der Waals surface area contributed by atoms with E-state index in [1.54, 1.807) is 6.07 Å². The lowest BCUT2D eigenvalue weighted by molar-refractivity contribution is 0.575. The van der Waals surface area contributed by atoms with Crippen LogP contribution in [0.25, 0.3) is 0 Å². The van der Waals surface area contributed by atoms with E-state index in [-0.39, 0.29) is 6.04 Å². The molecule has 96 valence electrons. The van der Waals surface area contributed by atoms with Gasteiger partial charge in [0.05, 0.1) is 0 Å². The molecule has 0 spiro atoms. The Bertz CT molecular complexity index is 358. The quantitative estimate of drug-likeness (QED) is 0.622. The average Bonchev–Trinajstić information content (AvgIpc) is 2.26. The van der Waals surface area contributed by atoms with Gasteiger partial charge in [0.15, 0.2) is 0 Å². The third-order valence-corrected chi connectivity index (χ3v) is 4.20. The summed E-state index contributed by atoms with van der Waals surface area (Å²) >= 11 is 13.9. The van der Waals surface area contributed by atoms with E-state index in [2.05, 4.69) is 19.3 Å². The molecule has 0 heterocycles. The van der Waals surface area contributed by atoms with Crippen LogP contribution in [0.4, 0.5) is 0 Å². The maximum atomic E-state index is 6.13. The van der Waals surface area contributed by atoms with Crippen molar-refractivity contribution in [3.63, 3.8) is 0 Å². The van der Waals surface area contributed by atoms with Crippen molar-refractivity contribution in [1.82, 2.24) is 5.43 Å². The normalized spacial score (nSPS) is 13.1. The van der Waals surface area contributed by atoms with Gasteiger partial charge in [-0.15, -0.1) is 0 Å². The van der Waals surface area contributed by atoms with Crippen molar-refractivity contribution in [2.45, 2.75) is 31.6 Å². The molecule has 0 saturated carbocycles. The fraction of sp³-hybridized carbons (Fsp3) is 0.500. The van der Waals surface area contributed by atoms with Crippen LogP contribution in [-0.2, 0) is 6.42 Å². The van der Waals surface area contributed by atoms with Crippen LogP contribution in [0.3, 0.4) is 0 Å². The summed E-state index contributed by atoms with van der Waals surface area (Å²) in [7, 11) is 0. The number of nitrogens with one attached hydrogen (secondary N) is 1. The van der Waals surface area contributed by atoms with Gasteiger partial charge in [-0.1, -0.05) is 43.1 Å². The lowest BCUT2D eigenvalue weighted by atomic mass is 10.1. The molecule has 17 heavy (non-hydrogen) atoms.